The van der Waals surface area contributed by atoms with Crippen LogP contribution in [0.3, 0.4) is 0 Å². The Morgan fingerprint density at radius 3 is 2.83 bits per heavy atom. The number of methoxy groups -OCH3 is 2. The lowest BCUT2D eigenvalue weighted by atomic mass is 10.2. The van der Waals surface area contributed by atoms with Gasteiger partial charge in [0.25, 0.3) is 5.56 Å². The van der Waals surface area contributed by atoms with Gasteiger partial charge in [0.15, 0.2) is 0 Å². The van der Waals surface area contributed by atoms with Crippen molar-refractivity contribution in [3.8, 4) is 11.5 Å². The molecule has 0 N–H and O–H groups in total. The van der Waals surface area contributed by atoms with Gasteiger partial charge >= 0.3 is 0 Å². The molecule has 3 aromatic rings. The van der Waals surface area contributed by atoms with E-state index in [1.165, 1.54) is 16.0 Å². The van der Waals surface area contributed by atoms with Crippen molar-refractivity contribution in [3.05, 3.63) is 51.4 Å². The van der Waals surface area contributed by atoms with Crippen molar-refractivity contribution < 1.29 is 9.47 Å². The van der Waals surface area contributed by atoms with Gasteiger partial charge in [-0.3, -0.25) is 4.79 Å². The van der Waals surface area contributed by atoms with E-state index in [0.717, 1.165) is 10.4 Å². The third kappa shape index (κ3) is 2.83. The summed E-state index contributed by atoms with van der Waals surface area (Å²) in [7, 11) is 3.16. The summed E-state index contributed by atoms with van der Waals surface area (Å²) >= 11 is 1.44. The van der Waals surface area contributed by atoms with Crippen molar-refractivity contribution in [1.29, 1.82) is 0 Å². The van der Waals surface area contributed by atoms with Gasteiger partial charge in [0.05, 0.1) is 25.8 Å². The van der Waals surface area contributed by atoms with Gasteiger partial charge in [0, 0.05) is 11.6 Å². The molecule has 2 aromatic heterocycles. The molecule has 0 aliphatic carbocycles. The molecular weight excluding hydrogens is 314 g/mol. The SMILES string of the molecule is COc1ccc(/C=N\n2c(C)nc3sccc3c2=O)c(OC)c1. The van der Waals surface area contributed by atoms with E-state index in [0.29, 0.717) is 22.7 Å². The number of ether oxygens (including phenoxy) is 2. The van der Waals surface area contributed by atoms with Crippen molar-refractivity contribution >= 4 is 27.8 Å². The lowest BCUT2D eigenvalue weighted by molar-refractivity contribution is 0.394. The molecule has 0 fully saturated rings. The Balaban J connectivity index is 2.05. The van der Waals surface area contributed by atoms with Crippen molar-refractivity contribution in [1.82, 2.24) is 9.66 Å². The fraction of sp³-hybridized carbons (Fsp3) is 0.188. The van der Waals surface area contributed by atoms with Crippen LogP contribution in [0.1, 0.15) is 11.4 Å². The van der Waals surface area contributed by atoms with Crippen LogP contribution in [0.2, 0.25) is 0 Å². The van der Waals surface area contributed by atoms with E-state index in [1.54, 1.807) is 45.6 Å². The van der Waals surface area contributed by atoms with Crippen molar-refractivity contribution in [2.75, 3.05) is 14.2 Å². The second-order valence-electron chi connectivity index (χ2n) is 4.77. The first-order valence-corrected chi connectivity index (χ1v) is 7.75. The zero-order chi connectivity index (χ0) is 16.4. The van der Waals surface area contributed by atoms with Gasteiger partial charge in [0.2, 0.25) is 0 Å². The molecule has 2 heterocycles. The smallest absolute Gasteiger partial charge is 0.282 e. The van der Waals surface area contributed by atoms with Gasteiger partial charge < -0.3 is 9.47 Å². The highest BCUT2D eigenvalue weighted by atomic mass is 32.1. The molecular formula is C16H15N3O3S. The molecule has 0 spiro atoms. The number of nitrogens with zero attached hydrogens (tertiary/aromatic N) is 3. The summed E-state index contributed by atoms with van der Waals surface area (Å²) in [5.41, 5.74) is 0.558. The average Bonchev–Trinajstić information content (AvgIpc) is 3.03. The molecule has 118 valence electrons. The Labute approximate surface area is 136 Å². The molecule has 23 heavy (non-hydrogen) atoms. The standard InChI is InChI=1S/C16H15N3O3S/c1-10-18-15-13(6-7-23-15)16(20)19(10)17-9-11-4-5-12(21-2)8-14(11)22-3/h4-9H,1-3H3/b17-9-. The maximum absolute atomic E-state index is 12.5. The number of aromatic nitrogens is 2. The van der Waals surface area contributed by atoms with E-state index in [9.17, 15) is 4.79 Å². The van der Waals surface area contributed by atoms with Crippen LogP contribution in [-0.4, -0.2) is 30.1 Å². The van der Waals surface area contributed by atoms with Gasteiger partial charge in [-0.1, -0.05) is 0 Å². The van der Waals surface area contributed by atoms with Crippen LogP contribution < -0.4 is 15.0 Å². The van der Waals surface area contributed by atoms with Crippen molar-refractivity contribution in [3.63, 3.8) is 0 Å². The first kappa shape index (κ1) is 15.2. The number of fused-ring (bicyclic) bond motifs is 1. The lowest BCUT2D eigenvalue weighted by Gasteiger charge is -2.07. The molecule has 0 bridgehead atoms. The van der Waals surface area contributed by atoms with Crippen LogP contribution in [0.4, 0.5) is 0 Å². The quantitative estimate of drug-likeness (QED) is 0.690. The largest absolute Gasteiger partial charge is 0.497 e. The first-order chi connectivity index (χ1) is 11.1. The van der Waals surface area contributed by atoms with Crippen LogP contribution in [-0.2, 0) is 0 Å². The Kier molecular flexibility index (Phi) is 4.12. The fourth-order valence-electron chi connectivity index (χ4n) is 2.19. The Morgan fingerprint density at radius 1 is 1.26 bits per heavy atom. The Bertz CT molecular complexity index is 943. The maximum atomic E-state index is 12.5. The molecule has 0 amide bonds. The minimum Gasteiger partial charge on any atom is -0.497 e. The molecule has 3 rings (SSSR count). The van der Waals surface area contributed by atoms with Crippen LogP contribution in [0, 0.1) is 6.92 Å². The predicted molar refractivity (Wildman–Crippen MR) is 91.2 cm³/mol. The fourth-order valence-corrected chi connectivity index (χ4v) is 2.99. The highest BCUT2D eigenvalue weighted by Crippen LogP contribution is 2.23. The summed E-state index contributed by atoms with van der Waals surface area (Å²) in [6.07, 6.45) is 1.58. The van der Waals surface area contributed by atoms with Gasteiger partial charge in [0.1, 0.15) is 22.2 Å². The summed E-state index contributed by atoms with van der Waals surface area (Å²) in [6, 6.07) is 7.14. The topological polar surface area (TPSA) is 65.7 Å². The zero-order valence-electron chi connectivity index (χ0n) is 12.9. The summed E-state index contributed by atoms with van der Waals surface area (Å²) in [4.78, 5) is 17.6. The minimum atomic E-state index is -0.183. The van der Waals surface area contributed by atoms with E-state index in [2.05, 4.69) is 10.1 Å². The third-order valence-corrected chi connectivity index (χ3v) is 4.20. The molecule has 0 radical (unpaired) electrons. The van der Waals surface area contributed by atoms with Crippen LogP contribution in [0.5, 0.6) is 11.5 Å². The molecule has 1 aromatic carbocycles. The zero-order valence-corrected chi connectivity index (χ0v) is 13.8. The maximum Gasteiger partial charge on any atom is 0.282 e. The molecule has 7 heteroatoms. The minimum absolute atomic E-state index is 0.183. The normalized spacial score (nSPS) is 11.3. The second-order valence-corrected chi connectivity index (χ2v) is 5.66. The Hall–Kier alpha value is -2.67. The second kappa shape index (κ2) is 6.21. The summed E-state index contributed by atoms with van der Waals surface area (Å²) in [5.74, 6) is 1.84. The summed E-state index contributed by atoms with van der Waals surface area (Å²) < 4.78 is 11.8. The van der Waals surface area contributed by atoms with E-state index >= 15 is 0 Å². The first-order valence-electron chi connectivity index (χ1n) is 6.87. The lowest BCUT2D eigenvalue weighted by Crippen LogP contribution is -2.19. The number of benzene rings is 1. The number of aryl methyl sites for hydroxylation is 1. The molecule has 0 saturated heterocycles. The molecule has 0 atom stereocenters. The average molecular weight is 329 g/mol. The highest BCUT2D eigenvalue weighted by Gasteiger charge is 2.08. The number of thiophene rings is 1. The molecule has 0 saturated carbocycles. The molecule has 0 aliphatic heterocycles. The number of hydrogen-bond donors (Lipinski definition) is 0. The number of rotatable bonds is 4. The molecule has 0 unspecified atom stereocenters. The van der Waals surface area contributed by atoms with Crippen molar-refractivity contribution in [2.45, 2.75) is 6.92 Å². The van der Waals surface area contributed by atoms with E-state index in [4.69, 9.17) is 9.47 Å². The van der Waals surface area contributed by atoms with Gasteiger partial charge in [-0.05, 0) is 30.5 Å². The van der Waals surface area contributed by atoms with Gasteiger partial charge in [-0.25, -0.2) is 4.98 Å². The monoisotopic (exact) mass is 329 g/mol. The predicted octanol–water partition coefficient (Wildman–Crippen LogP) is 2.67. The van der Waals surface area contributed by atoms with Gasteiger partial charge in [-0.2, -0.15) is 9.78 Å². The van der Waals surface area contributed by atoms with Gasteiger partial charge in [-0.15, -0.1) is 11.3 Å². The molecule has 0 aliphatic rings. The van der Waals surface area contributed by atoms with Crippen LogP contribution in [0.15, 0.2) is 39.5 Å². The van der Waals surface area contributed by atoms with E-state index in [1.807, 2.05) is 11.4 Å². The van der Waals surface area contributed by atoms with E-state index < -0.39 is 0 Å². The molecule has 6 nitrogen and oxygen atoms in total. The number of hydrogen-bond acceptors (Lipinski definition) is 6. The Morgan fingerprint density at radius 2 is 2.09 bits per heavy atom. The van der Waals surface area contributed by atoms with Crippen molar-refractivity contribution in [2.24, 2.45) is 5.10 Å². The van der Waals surface area contributed by atoms with Crippen LogP contribution in [0.25, 0.3) is 10.2 Å². The highest BCUT2D eigenvalue weighted by molar-refractivity contribution is 7.16. The van der Waals surface area contributed by atoms with Crippen LogP contribution >= 0.6 is 11.3 Å². The summed E-state index contributed by atoms with van der Waals surface area (Å²) in [5, 5.41) is 6.69. The third-order valence-electron chi connectivity index (χ3n) is 3.39. The summed E-state index contributed by atoms with van der Waals surface area (Å²) in [6.45, 7) is 1.75. The van der Waals surface area contributed by atoms with E-state index in [-0.39, 0.29) is 5.56 Å².